The topological polar surface area (TPSA) is 47.6 Å². The van der Waals surface area contributed by atoms with Crippen LogP contribution >= 0.6 is 0 Å². The molecule has 0 saturated heterocycles. The Morgan fingerprint density at radius 1 is 1.32 bits per heavy atom. The summed E-state index contributed by atoms with van der Waals surface area (Å²) in [6.07, 6.45) is 0.563. The maximum Gasteiger partial charge on any atom is 0.231 e. The van der Waals surface area contributed by atoms with E-state index in [4.69, 9.17) is 9.47 Å². The van der Waals surface area contributed by atoms with Gasteiger partial charge in [-0.15, -0.1) is 0 Å². The van der Waals surface area contributed by atoms with E-state index in [1.165, 1.54) is 12.1 Å². The van der Waals surface area contributed by atoms with Crippen LogP contribution in [0.2, 0.25) is 0 Å². The number of benzene rings is 2. The van der Waals surface area contributed by atoms with Crippen LogP contribution < -0.4 is 14.8 Å². The lowest BCUT2D eigenvalue weighted by Gasteiger charge is -2.25. The molecule has 0 aliphatic carbocycles. The second-order valence-electron chi connectivity index (χ2n) is 5.19. The molecule has 114 valence electrons. The van der Waals surface area contributed by atoms with Crippen molar-refractivity contribution in [3.63, 3.8) is 0 Å². The van der Waals surface area contributed by atoms with Crippen LogP contribution in [0.15, 0.2) is 42.5 Å². The molecule has 1 amide bonds. The number of hydrogen-bond donors (Lipinski definition) is 1. The smallest absolute Gasteiger partial charge is 0.231 e. The first kappa shape index (κ1) is 14.4. The van der Waals surface area contributed by atoms with Crippen LogP contribution in [0.4, 0.5) is 10.1 Å². The molecule has 2 aromatic carbocycles. The van der Waals surface area contributed by atoms with Crippen LogP contribution in [0.1, 0.15) is 5.56 Å². The summed E-state index contributed by atoms with van der Waals surface area (Å²) in [5.74, 6) is 0.624. The number of amides is 1. The van der Waals surface area contributed by atoms with Gasteiger partial charge in [0.25, 0.3) is 0 Å². The lowest BCUT2D eigenvalue weighted by molar-refractivity contribution is -0.121. The number of carbonyl (C=O) groups is 1. The van der Waals surface area contributed by atoms with E-state index < -0.39 is 0 Å². The minimum atomic E-state index is -0.382. The quantitative estimate of drug-likeness (QED) is 0.948. The van der Waals surface area contributed by atoms with Gasteiger partial charge in [0.1, 0.15) is 23.9 Å². The van der Waals surface area contributed by atoms with Gasteiger partial charge >= 0.3 is 0 Å². The monoisotopic (exact) mass is 301 g/mol. The van der Waals surface area contributed by atoms with Crippen molar-refractivity contribution in [1.82, 2.24) is 0 Å². The van der Waals surface area contributed by atoms with Crippen molar-refractivity contribution in [3.05, 3.63) is 53.8 Å². The number of ether oxygens (including phenoxy) is 2. The molecule has 0 fully saturated rings. The van der Waals surface area contributed by atoms with E-state index in [-0.39, 0.29) is 17.6 Å². The van der Waals surface area contributed by atoms with E-state index in [0.29, 0.717) is 18.7 Å². The Morgan fingerprint density at radius 2 is 2.18 bits per heavy atom. The maximum atomic E-state index is 13.2. The number of carbonyl (C=O) groups excluding carboxylic acids is 1. The Hall–Kier alpha value is -2.56. The minimum absolute atomic E-state index is 0.181. The fourth-order valence-electron chi connectivity index (χ4n) is 2.48. The van der Waals surface area contributed by atoms with Crippen molar-refractivity contribution in [2.45, 2.75) is 6.42 Å². The summed E-state index contributed by atoms with van der Waals surface area (Å²) in [6, 6.07) is 11.4. The fraction of sp³-hybridized carbons (Fsp3) is 0.235. The Kier molecular flexibility index (Phi) is 3.96. The van der Waals surface area contributed by atoms with Gasteiger partial charge in [-0.2, -0.15) is 0 Å². The number of rotatable bonds is 3. The molecule has 1 aliphatic heterocycles. The number of nitrogens with one attached hydrogen (secondary N) is 1. The van der Waals surface area contributed by atoms with Gasteiger partial charge in [0, 0.05) is 5.69 Å². The third-order valence-electron chi connectivity index (χ3n) is 3.64. The lowest BCUT2D eigenvalue weighted by atomic mass is 9.95. The second kappa shape index (κ2) is 6.05. The van der Waals surface area contributed by atoms with E-state index in [9.17, 15) is 9.18 Å². The molecule has 5 heteroatoms. The second-order valence-corrected chi connectivity index (χ2v) is 5.19. The predicted molar refractivity (Wildman–Crippen MR) is 80.7 cm³/mol. The summed E-state index contributed by atoms with van der Waals surface area (Å²) >= 11 is 0. The number of methoxy groups -OCH3 is 1. The molecule has 1 heterocycles. The van der Waals surface area contributed by atoms with Gasteiger partial charge in [-0.1, -0.05) is 6.07 Å². The summed E-state index contributed by atoms with van der Waals surface area (Å²) in [6.45, 7) is 0.306. The van der Waals surface area contributed by atoms with Crippen LogP contribution in [0, 0.1) is 11.7 Å². The van der Waals surface area contributed by atoms with Gasteiger partial charge in [0.2, 0.25) is 5.91 Å². The molecule has 0 saturated carbocycles. The van der Waals surface area contributed by atoms with Crippen molar-refractivity contribution in [1.29, 1.82) is 0 Å². The molecule has 2 aromatic rings. The fourth-order valence-corrected chi connectivity index (χ4v) is 2.48. The van der Waals surface area contributed by atoms with E-state index in [0.717, 1.165) is 17.1 Å². The van der Waals surface area contributed by atoms with Crippen molar-refractivity contribution >= 4 is 11.6 Å². The van der Waals surface area contributed by atoms with Crippen LogP contribution in [-0.4, -0.2) is 19.6 Å². The molecule has 0 unspecified atom stereocenters. The van der Waals surface area contributed by atoms with Crippen molar-refractivity contribution < 1.29 is 18.7 Å². The summed E-state index contributed by atoms with van der Waals surface area (Å²) in [7, 11) is 1.60. The SMILES string of the molecule is COc1ccc2c(c1)C[C@H](C(=O)Nc1cccc(F)c1)CO2. The van der Waals surface area contributed by atoms with E-state index in [1.54, 1.807) is 19.2 Å². The van der Waals surface area contributed by atoms with Gasteiger partial charge in [0.05, 0.1) is 13.0 Å². The standard InChI is InChI=1S/C17H16FNO3/c1-21-15-5-6-16-11(8-15)7-12(10-22-16)17(20)19-14-4-2-3-13(18)9-14/h2-6,8-9,12H,7,10H2,1H3,(H,19,20)/t12-/m0/s1. The Labute approximate surface area is 127 Å². The first-order chi connectivity index (χ1) is 10.7. The number of anilines is 1. The third-order valence-corrected chi connectivity index (χ3v) is 3.64. The summed E-state index contributed by atoms with van der Waals surface area (Å²) < 4.78 is 24.0. The highest BCUT2D eigenvalue weighted by molar-refractivity contribution is 5.93. The number of hydrogen-bond acceptors (Lipinski definition) is 3. The Bertz CT molecular complexity index is 702. The van der Waals surface area contributed by atoms with E-state index in [1.807, 2.05) is 18.2 Å². The lowest BCUT2D eigenvalue weighted by Crippen LogP contribution is -2.32. The number of halogens is 1. The zero-order valence-corrected chi connectivity index (χ0v) is 12.1. The number of fused-ring (bicyclic) bond motifs is 1. The molecule has 0 bridgehead atoms. The summed E-state index contributed by atoms with van der Waals surface area (Å²) in [4.78, 5) is 12.3. The van der Waals surface area contributed by atoms with Gasteiger partial charge in [-0.05, 0) is 48.4 Å². The van der Waals surface area contributed by atoms with Gasteiger partial charge in [-0.3, -0.25) is 4.79 Å². The highest BCUT2D eigenvalue weighted by Crippen LogP contribution is 2.31. The summed E-state index contributed by atoms with van der Waals surface area (Å²) in [5.41, 5.74) is 1.38. The van der Waals surface area contributed by atoms with Gasteiger partial charge in [0.15, 0.2) is 0 Å². The molecule has 0 aromatic heterocycles. The first-order valence-corrected chi connectivity index (χ1v) is 7.02. The molecule has 0 radical (unpaired) electrons. The molecule has 1 N–H and O–H groups in total. The first-order valence-electron chi connectivity index (χ1n) is 7.02. The van der Waals surface area contributed by atoms with Gasteiger partial charge < -0.3 is 14.8 Å². The van der Waals surface area contributed by atoms with Crippen LogP contribution in [0.3, 0.4) is 0 Å². The molecule has 4 nitrogen and oxygen atoms in total. The van der Waals surface area contributed by atoms with E-state index in [2.05, 4.69) is 5.32 Å². The molecule has 22 heavy (non-hydrogen) atoms. The summed E-state index contributed by atoms with van der Waals surface area (Å²) in [5, 5.41) is 2.72. The van der Waals surface area contributed by atoms with Crippen molar-refractivity contribution in [2.24, 2.45) is 5.92 Å². The van der Waals surface area contributed by atoms with E-state index >= 15 is 0 Å². The molecule has 1 atom stereocenters. The Morgan fingerprint density at radius 3 is 2.95 bits per heavy atom. The maximum absolute atomic E-state index is 13.2. The van der Waals surface area contributed by atoms with Crippen molar-refractivity contribution in [3.8, 4) is 11.5 Å². The largest absolute Gasteiger partial charge is 0.497 e. The molecular weight excluding hydrogens is 285 g/mol. The highest BCUT2D eigenvalue weighted by Gasteiger charge is 2.26. The zero-order chi connectivity index (χ0) is 15.5. The molecular formula is C17H16FNO3. The Balaban J connectivity index is 1.72. The van der Waals surface area contributed by atoms with Crippen molar-refractivity contribution in [2.75, 3.05) is 19.0 Å². The molecule has 1 aliphatic rings. The zero-order valence-electron chi connectivity index (χ0n) is 12.1. The minimum Gasteiger partial charge on any atom is -0.497 e. The van der Waals surface area contributed by atoms with Crippen LogP contribution in [0.5, 0.6) is 11.5 Å². The normalized spacial score (nSPS) is 16.4. The van der Waals surface area contributed by atoms with Crippen LogP contribution in [0.25, 0.3) is 0 Å². The third kappa shape index (κ3) is 3.03. The molecule has 0 spiro atoms. The predicted octanol–water partition coefficient (Wildman–Crippen LogP) is 3.02. The average molecular weight is 301 g/mol. The molecule has 3 rings (SSSR count). The van der Waals surface area contributed by atoms with Gasteiger partial charge in [-0.25, -0.2) is 4.39 Å². The van der Waals surface area contributed by atoms with Crippen LogP contribution in [-0.2, 0) is 11.2 Å². The highest BCUT2D eigenvalue weighted by atomic mass is 19.1. The average Bonchev–Trinajstić information content (AvgIpc) is 2.53.